The van der Waals surface area contributed by atoms with E-state index >= 15 is 0 Å². The van der Waals surface area contributed by atoms with Gasteiger partial charge in [0.25, 0.3) is 0 Å². The number of hydrogen-bond acceptors (Lipinski definition) is 2. The van der Waals surface area contributed by atoms with Gasteiger partial charge < -0.3 is 21.5 Å². The highest BCUT2D eigenvalue weighted by molar-refractivity contribution is 7.89. The van der Waals surface area contributed by atoms with Crippen molar-refractivity contribution in [2.75, 3.05) is 26.2 Å². The van der Waals surface area contributed by atoms with Crippen LogP contribution < -0.4 is 17.0 Å². The number of sulfonamides is 1. The van der Waals surface area contributed by atoms with Crippen LogP contribution in [0.3, 0.4) is 0 Å². The summed E-state index contributed by atoms with van der Waals surface area (Å²) in [6.45, 7) is 17.9. The van der Waals surface area contributed by atoms with Gasteiger partial charge in [-0.1, -0.05) is 88.5 Å². The average molecular weight is 686 g/mol. The molecule has 0 saturated carbocycles. The second kappa shape index (κ2) is 15.2. The maximum Gasteiger partial charge on any atom is 0.243 e. The fourth-order valence-electron chi connectivity index (χ4n) is 6.31. The molecule has 0 aliphatic carbocycles. The average Bonchev–Trinajstić information content (AvgIpc) is 2.93. The Morgan fingerprint density at radius 1 is 0.744 bits per heavy atom. The van der Waals surface area contributed by atoms with Gasteiger partial charge in [-0.3, -0.25) is 0 Å². The Hall–Kier alpha value is -2.22. The first kappa shape index (κ1) is 35.3. The number of benzene rings is 4. The first-order valence-corrected chi connectivity index (χ1v) is 16.9. The lowest BCUT2D eigenvalue weighted by Gasteiger charge is -2.37. The topological polar surface area (TPSA) is 37.4 Å². The van der Waals surface area contributed by atoms with Crippen LogP contribution >= 0.6 is 11.6 Å². The molecule has 43 heavy (non-hydrogen) atoms. The minimum absolute atomic E-state index is 0. The predicted octanol–water partition coefficient (Wildman–Crippen LogP) is 5.76. The molecule has 4 aromatic rings. The van der Waals surface area contributed by atoms with Crippen molar-refractivity contribution >= 4 is 32.4 Å². The normalized spacial score (nSPS) is 12.1. The third-order valence-electron chi connectivity index (χ3n) is 8.51. The molecule has 0 spiro atoms. The second-order valence-electron chi connectivity index (χ2n) is 12.0. The number of fused-ring (bicyclic) bond motifs is 1. The molecule has 0 aliphatic heterocycles. The summed E-state index contributed by atoms with van der Waals surface area (Å²) in [4.78, 5) is 0.309. The standard InChI is InChI=1S/C36H46ClN2O2S.BrH/c1-7-39(8-2,26-32-22-29(5)19-30(6)23-32)17-10-9-16-38(25-31-20-27(3)18-28(4)21-31)42(40,41)34-14-15-35-33(24-34)12-11-13-36(35)37;/h11-15,18-24H,7-10,16-17,25-26H2,1-6H3;1H/q+1;/p-1. The summed E-state index contributed by atoms with van der Waals surface area (Å²) in [6, 6.07) is 24.0. The summed E-state index contributed by atoms with van der Waals surface area (Å²) < 4.78 is 30.9. The largest absolute Gasteiger partial charge is 1.00 e. The van der Waals surface area contributed by atoms with Crippen molar-refractivity contribution in [3.63, 3.8) is 0 Å². The van der Waals surface area contributed by atoms with Gasteiger partial charge in [-0.2, -0.15) is 4.31 Å². The van der Waals surface area contributed by atoms with Crippen LogP contribution in [0.2, 0.25) is 5.02 Å². The van der Waals surface area contributed by atoms with Gasteiger partial charge in [0.05, 0.1) is 24.5 Å². The fourth-order valence-corrected chi connectivity index (χ4v) is 8.05. The van der Waals surface area contributed by atoms with E-state index in [2.05, 4.69) is 77.9 Å². The minimum atomic E-state index is -3.73. The van der Waals surface area contributed by atoms with Crippen molar-refractivity contribution in [3.8, 4) is 0 Å². The molecule has 0 radical (unpaired) electrons. The number of rotatable bonds is 13. The van der Waals surface area contributed by atoms with E-state index in [0.717, 1.165) is 71.0 Å². The van der Waals surface area contributed by atoms with E-state index in [-0.39, 0.29) is 17.0 Å². The van der Waals surface area contributed by atoms with Crippen LogP contribution in [-0.4, -0.2) is 43.4 Å². The van der Waals surface area contributed by atoms with Gasteiger partial charge in [-0.15, -0.1) is 0 Å². The molecule has 0 heterocycles. The summed E-state index contributed by atoms with van der Waals surface area (Å²) in [6.07, 6.45) is 1.76. The number of aryl methyl sites for hydroxylation is 4. The Morgan fingerprint density at radius 3 is 1.91 bits per heavy atom. The molecule has 0 atom stereocenters. The van der Waals surface area contributed by atoms with Crippen molar-refractivity contribution in [2.24, 2.45) is 0 Å². The molecule has 4 nitrogen and oxygen atoms in total. The van der Waals surface area contributed by atoms with E-state index in [1.807, 2.05) is 24.3 Å². The number of unbranched alkanes of at least 4 members (excludes halogenated alkanes) is 1. The molecule has 0 fully saturated rings. The first-order chi connectivity index (χ1) is 19.9. The van der Waals surface area contributed by atoms with Crippen LogP contribution in [0.15, 0.2) is 77.7 Å². The minimum Gasteiger partial charge on any atom is -1.00 e. The quantitative estimate of drug-likeness (QED) is 0.133. The summed E-state index contributed by atoms with van der Waals surface area (Å²) in [5.41, 5.74) is 7.29. The maximum atomic E-state index is 14.1. The van der Waals surface area contributed by atoms with Crippen LogP contribution in [0.25, 0.3) is 10.8 Å². The Morgan fingerprint density at radius 2 is 1.33 bits per heavy atom. The Bertz CT molecular complexity index is 1610. The van der Waals surface area contributed by atoms with E-state index in [1.54, 1.807) is 16.4 Å². The third kappa shape index (κ3) is 8.92. The van der Waals surface area contributed by atoms with Crippen LogP contribution in [0.4, 0.5) is 0 Å². The Labute approximate surface area is 275 Å². The number of quaternary nitrogens is 1. The lowest BCUT2D eigenvalue weighted by Crippen LogP contribution is -3.00. The molecule has 0 aliphatic rings. The van der Waals surface area contributed by atoms with Crippen molar-refractivity contribution < 1.29 is 29.9 Å². The fraction of sp³-hybridized carbons (Fsp3) is 0.389. The maximum absolute atomic E-state index is 14.1. The Balaban J connectivity index is 0.00000506. The Kier molecular flexibility index (Phi) is 12.4. The molecule has 0 saturated heterocycles. The molecule has 0 amide bonds. The highest BCUT2D eigenvalue weighted by atomic mass is 79.9. The summed E-state index contributed by atoms with van der Waals surface area (Å²) in [7, 11) is -3.73. The zero-order valence-electron chi connectivity index (χ0n) is 26.5. The van der Waals surface area contributed by atoms with E-state index in [9.17, 15) is 8.42 Å². The number of halogens is 2. The number of nitrogens with zero attached hydrogens (tertiary/aromatic N) is 2. The van der Waals surface area contributed by atoms with E-state index in [0.29, 0.717) is 23.0 Å². The number of hydrogen-bond donors (Lipinski definition) is 0. The molecular weight excluding hydrogens is 640 g/mol. The van der Waals surface area contributed by atoms with Gasteiger partial charge in [0.1, 0.15) is 6.54 Å². The zero-order chi connectivity index (χ0) is 30.5. The van der Waals surface area contributed by atoms with Crippen molar-refractivity contribution in [1.82, 2.24) is 4.31 Å². The van der Waals surface area contributed by atoms with Crippen LogP contribution in [-0.2, 0) is 23.1 Å². The zero-order valence-corrected chi connectivity index (χ0v) is 29.6. The van der Waals surface area contributed by atoms with Gasteiger partial charge >= 0.3 is 0 Å². The smallest absolute Gasteiger partial charge is 0.243 e. The van der Waals surface area contributed by atoms with Gasteiger partial charge in [-0.25, -0.2) is 8.42 Å². The molecule has 4 aromatic carbocycles. The van der Waals surface area contributed by atoms with Crippen molar-refractivity contribution in [2.45, 2.75) is 72.4 Å². The summed E-state index contributed by atoms with van der Waals surface area (Å²) in [5, 5.41) is 2.31. The molecule has 0 N–H and O–H groups in total. The van der Waals surface area contributed by atoms with E-state index in [4.69, 9.17) is 11.6 Å². The monoisotopic (exact) mass is 684 g/mol. The molecule has 0 bridgehead atoms. The van der Waals surface area contributed by atoms with Crippen LogP contribution in [0, 0.1) is 27.7 Å². The van der Waals surface area contributed by atoms with E-state index in [1.165, 1.54) is 16.7 Å². The molecular formula is C36H46BrClN2O2S. The highest BCUT2D eigenvalue weighted by Gasteiger charge is 2.27. The lowest BCUT2D eigenvalue weighted by atomic mass is 10.1. The van der Waals surface area contributed by atoms with Crippen LogP contribution in [0.5, 0.6) is 0 Å². The third-order valence-corrected chi connectivity index (χ3v) is 10.7. The first-order valence-electron chi connectivity index (χ1n) is 15.1. The summed E-state index contributed by atoms with van der Waals surface area (Å²) >= 11 is 6.37. The van der Waals surface area contributed by atoms with E-state index < -0.39 is 10.0 Å². The van der Waals surface area contributed by atoms with Gasteiger partial charge in [0.2, 0.25) is 10.0 Å². The molecule has 0 unspecified atom stereocenters. The molecule has 232 valence electrons. The van der Waals surface area contributed by atoms with Gasteiger partial charge in [0, 0.05) is 29.1 Å². The summed E-state index contributed by atoms with van der Waals surface area (Å²) in [5.74, 6) is 0. The lowest BCUT2D eigenvalue weighted by molar-refractivity contribution is -0.938. The predicted molar refractivity (Wildman–Crippen MR) is 178 cm³/mol. The molecule has 0 aromatic heterocycles. The van der Waals surface area contributed by atoms with Crippen molar-refractivity contribution in [1.29, 1.82) is 0 Å². The van der Waals surface area contributed by atoms with Gasteiger partial charge in [0.15, 0.2) is 0 Å². The van der Waals surface area contributed by atoms with Crippen LogP contribution in [0.1, 0.15) is 60.1 Å². The second-order valence-corrected chi connectivity index (χ2v) is 14.4. The SMILES string of the molecule is CC[N+](CC)(CCCCN(Cc1cc(C)cc(C)c1)S(=O)(=O)c1ccc2c(Cl)cccc2c1)Cc1cc(C)cc(C)c1.[Br-]. The molecule has 4 rings (SSSR count). The van der Waals surface area contributed by atoms with Gasteiger partial charge in [-0.05, 0) is 83.5 Å². The highest BCUT2D eigenvalue weighted by Crippen LogP contribution is 2.28. The molecule has 7 heteroatoms. The van der Waals surface area contributed by atoms with Crippen molar-refractivity contribution in [3.05, 3.63) is 111 Å².